The molecule has 1 fully saturated rings. The first-order valence-electron chi connectivity index (χ1n) is 10.5. The third-order valence-electron chi connectivity index (χ3n) is 5.94. The van der Waals surface area contributed by atoms with E-state index in [-0.39, 0.29) is 11.6 Å². The second-order valence-corrected chi connectivity index (χ2v) is 8.21. The molecule has 5 heteroatoms. The number of anilines is 1. The molecule has 0 unspecified atom stereocenters. The summed E-state index contributed by atoms with van der Waals surface area (Å²) in [6.07, 6.45) is 2.20. The summed E-state index contributed by atoms with van der Waals surface area (Å²) in [5.74, 6) is -0.558. The molecule has 0 saturated carbocycles. The van der Waals surface area contributed by atoms with Crippen molar-refractivity contribution in [3.8, 4) is 0 Å². The van der Waals surface area contributed by atoms with Gasteiger partial charge in [0.1, 0.15) is 0 Å². The highest BCUT2D eigenvalue weighted by molar-refractivity contribution is 5.94. The minimum Gasteiger partial charge on any atom is -0.478 e. The first kappa shape index (κ1) is 20.4. The number of hydrogen-bond donors (Lipinski definition) is 2. The standard InChI is InChI=1S/C25H28N2O3/c1-15-11-21(17(3)26-23-9-5-4-8-19(23)25(28)29)22-13-20(16(2)27-24(22)12-15)18-7-6-10-30-14-18/h4-5,8-9,11-13,17-18,26H,6-7,10,14H2,1-3H3,(H,28,29)/t17-,18+/m0/s1. The average Bonchev–Trinajstić information content (AvgIpc) is 2.73. The van der Waals surface area contributed by atoms with Crippen LogP contribution in [-0.4, -0.2) is 29.3 Å². The van der Waals surface area contributed by atoms with E-state index in [1.54, 1.807) is 12.1 Å². The summed E-state index contributed by atoms with van der Waals surface area (Å²) < 4.78 is 5.72. The van der Waals surface area contributed by atoms with Crippen LogP contribution in [0.25, 0.3) is 10.9 Å². The van der Waals surface area contributed by atoms with Crippen LogP contribution in [-0.2, 0) is 4.74 Å². The van der Waals surface area contributed by atoms with Crippen molar-refractivity contribution in [2.24, 2.45) is 0 Å². The van der Waals surface area contributed by atoms with E-state index in [4.69, 9.17) is 9.72 Å². The number of carbonyl (C=O) groups is 1. The second kappa shape index (κ2) is 8.44. The number of rotatable bonds is 5. The van der Waals surface area contributed by atoms with Crippen molar-refractivity contribution < 1.29 is 14.6 Å². The molecule has 0 aliphatic carbocycles. The third-order valence-corrected chi connectivity index (χ3v) is 5.94. The van der Waals surface area contributed by atoms with Crippen LogP contribution >= 0.6 is 0 Å². The van der Waals surface area contributed by atoms with Crippen LogP contribution in [0.3, 0.4) is 0 Å². The Labute approximate surface area is 177 Å². The van der Waals surface area contributed by atoms with Gasteiger partial charge in [0.15, 0.2) is 0 Å². The number of benzene rings is 2. The SMILES string of the molecule is Cc1cc([C@H](C)Nc2ccccc2C(=O)O)c2cc([C@@H]3CCCOC3)c(C)nc2c1. The van der Waals surface area contributed by atoms with Crippen LogP contribution < -0.4 is 5.32 Å². The Balaban J connectivity index is 1.76. The van der Waals surface area contributed by atoms with Gasteiger partial charge >= 0.3 is 5.97 Å². The third kappa shape index (κ3) is 4.03. The number of carboxylic acids is 1. The Bertz CT molecular complexity index is 1090. The quantitative estimate of drug-likeness (QED) is 0.578. The van der Waals surface area contributed by atoms with Crippen LogP contribution in [0.5, 0.6) is 0 Å². The summed E-state index contributed by atoms with van der Waals surface area (Å²) in [5, 5.41) is 14.0. The van der Waals surface area contributed by atoms with Crippen molar-refractivity contribution in [2.75, 3.05) is 18.5 Å². The van der Waals surface area contributed by atoms with Crippen molar-refractivity contribution in [1.82, 2.24) is 4.98 Å². The molecule has 1 saturated heterocycles. The Morgan fingerprint density at radius 3 is 2.77 bits per heavy atom. The molecule has 0 spiro atoms. The molecule has 0 bridgehead atoms. The van der Waals surface area contributed by atoms with E-state index in [0.717, 1.165) is 53.8 Å². The van der Waals surface area contributed by atoms with E-state index < -0.39 is 5.97 Å². The number of fused-ring (bicyclic) bond motifs is 1. The maximum absolute atomic E-state index is 11.6. The van der Waals surface area contributed by atoms with Gasteiger partial charge in [0, 0.05) is 35.3 Å². The van der Waals surface area contributed by atoms with E-state index in [1.165, 1.54) is 5.56 Å². The molecule has 1 aliphatic heterocycles. The van der Waals surface area contributed by atoms with E-state index in [2.05, 4.69) is 44.3 Å². The normalized spacial score (nSPS) is 17.6. The number of aromatic carboxylic acids is 1. The van der Waals surface area contributed by atoms with Gasteiger partial charge < -0.3 is 15.2 Å². The molecule has 3 aromatic rings. The lowest BCUT2D eigenvalue weighted by Gasteiger charge is -2.25. The fraction of sp³-hybridized carbons (Fsp3) is 0.360. The van der Waals surface area contributed by atoms with Crippen molar-refractivity contribution in [1.29, 1.82) is 0 Å². The molecule has 30 heavy (non-hydrogen) atoms. The number of aromatic nitrogens is 1. The molecule has 2 atom stereocenters. The predicted molar refractivity (Wildman–Crippen MR) is 119 cm³/mol. The van der Waals surface area contributed by atoms with Crippen LogP contribution in [0, 0.1) is 13.8 Å². The van der Waals surface area contributed by atoms with E-state index in [0.29, 0.717) is 11.6 Å². The highest BCUT2D eigenvalue weighted by Crippen LogP contribution is 2.34. The predicted octanol–water partition coefficient (Wildman–Crippen LogP) is 5.62. The largest absolute Gasteiger partial charge is 0.478 e. The molecular formula is C25H28N2O3. The van der Waals surface area contributed by atoms with Gasteiger partial charge in [-0.3, -0.25) is 4.98 Å². The van der Waals surface area contributed by atoms with Crippen molar-refractivity contribution >= 4 is 22.6 Å². The molecule has 2 aromatic carbocycles. The highest BCUT2D eigenvalue weighted by atomic mass is 16.5. The zero-order valence-electron chi connectivity index (χ0n) is 17.7. The number of pyridine rings is 1. The van der Waals surface area contributed by atoms with Crippen molar-refractivity contribution in [2.45, 2.75) is 45.6 Å². The molecular weight excluding hydrogens is 376 g/mol. The zero-order valence-corrected chi connectivity index (χ0v) is 17.7. The highest BCUT2D eigenvalue weighted by Gasteiger charge is 2.21. The van der Waals surface area contributed by atoms with E-state index in [1.807, 2.05) is 12.1 Å². The van der Waals surface area contributed by atoms with Gasteiger partial charge in [0.2, 0.25) is 0 Å². The molecule has 2 heterocycles. The summed E-state index contributed by atoms with van der Waals surface area (Å²) in [6, 6.07) is 13.5. The maximum Gasteiger partial charge on any atom is 0.337 e. The molecule has 5 nitrogen and oxygen atoms in total. The minimum atomic E-state index is -0.934. The second-order valence-electron chi connectivity index (χ2n) is 8.21. The Morgan fingerprint density at radius 1 is 1.23 bits per heavy atom. The fourth-order valence-corrected chi connectivity index (χ4v) is 4.42. The number of hydrogen-bond acceptors (Lipinski definition) is 4. The topological polar surface area (TPSA) is 71.5 Å². The lowest BCUT2D eigenvalue weighted by Crippen LogP contribution is -2.17. The minimum absolute atomic E-state index is 0.0761. The molecule has 0 radical (unpaired) electrons. The van der Waals surface area contributed by atoms with Gasteiger partial charge in [0.25, 0.3) is 0 Å². The Hall–Kier alpha value is -2.92. The number of nitrogens with zero attached hydrogens (tertiary/aromatic N) is 1. The average molecular weight is 405 g/mol. The van der Waals surface area contributed by atoms with Crippen molar-refractivity contribution in [3.63, 3.8) is 0 Å². The maximum atomic E-state index is 11.6. The first-order valence-corrected chi connectivity index (χ1v) is 10.5. The molecule has 0 amide bonds. The summed E-state index contributed by atoms with van der Waals surface area (Å²) in [4.78, 5) is 16.5. The zero-order chi connectivity index (χ0) is 21.3. The molecule has 2 N–H and O–H groups in total. The Kier molecular flexibility index (Phi) is 5.73. The van der Waals surface area contributed by atoms with Crippen molar-refractivity contribution in [3.05, 3.63) is 70.4 Å². The number of nitrogens with one attached hydrogen (secondary N) is 1. The summed E-state index contributed by atoms with van der Waals surface area (Å²) in [6.45, 7) is 7.80. The number of para-hydroxylation sites is 1. The summed E-state index contributed by atoms with van der Waals surface area (Å²) in [5.41, 5.74) is 6.44. The van der Waals surface area contributed by atoms with E-state index in [9.17, 15) is 9.90 Å². The van der Waals surface area contributed by atoms with Crippen LogP contribution in [0.15, 0.2) is 42.5 Å². The number of ether oxygens (including phenoxy) is 1. The summed E-state index contributed by atoms with van der Waals surface area (Å²) in [7, 11) is 0. The fourth-order valence-electron chi connectivity index (χ4n) is 4.42. The molecule has 156 valence electrons. The van der Waals surface area contributed by atoms with Crippen LogP contribution in [0.1, 0.15) is 64.5 Å². The molecule has 1 aromatic heterocycles. The van der Waals surface area contributed by atoms with Crippen LogP contribution in [0.2, 0.25) is 0 Å². The van der Waals surface area contributed by atoms with Gasteiger partial charge in [-0.25, -0.2) is 4.79 Å². The number of aryl methyl sites for hydroxylation is 2. The van der Waals surface area contributed by atoms with Crippen LogP contribution in [0.4, 0.5) is 5.69 Å². The first-order chi connectivity index (χ1) is 14.4. The van der Waals surface area contributed by atoms with Gasteiger partial charge in [0.05, 0.1) is 17.7 Å². The lowest BCUT2D eigenvalue weighted by atomic mass is 9.89. The molecule has 4 rings (SSSR count). The lowest BCUT2D eigenvalue weighted by molar-refractivity contribution is 0.0698. The van der Waals surface area contributed by atoms with Gasteiger partial charge in [-0.1, -0.05) is 18.2 Å². The number of carboxylic acid groups (broad SMARTS) is 1. The smallest absolute Gasteiger partial charge is 0.337 e. The van der Waals surface area contributed by atoms with Gasteiger partial charge in [-0.15, -0.1) is 0 Å². The monoisotopic (exact) mass is 404 g/mol. The Morgan fingerprint density at radius 2 is 2.03 bits per heavy atom. The van der Waals surface area contributed by atoms with Gasteiger partial charge in [-0.05, 0) is 74.6 Å². The van der Waals surface area contributed by atoms with E-state index >= 15 is 0 Å². The molecule has 1 aliphatic rings. The summed E-state index contributed by atoms with van der Waals surface area (Å²) >= 11 is 0. The van der Waals surface area contributed by atoms with Gasteiger partial charge in [-0.2, -0.15) is 0 Å².